The van der Waals surface area contributed by atoms with Crippen molar-refractivity contribution in [2.24, 2.45) is 0 Å². The minimum atomic E-state index is -0.405. The standard InChI is InChI=1S/C13H9ClN6O/c14-9-3-1-2-8(4-9)10-5-11(16-6-15-10)12(21)19-13-17-7-18-20-13/h1-7H,(H2,17,18,19,20,21). The van der Waals surface area contributed by atoms with E-state index in [9.17, 15) is 4.79 Å². The summed E-state index contributed by atoms with van der Waals surface area (Å²) >= 11 is 5.95. The highest BCUT2D eigenvalue weighted by atomic mass is 35.5. The topological polar surface area (TPSA) is 96.5 Å². The van der Waals surface area contributed by atoms with E-state index < -0.39 is 5.91 Å². The number of benzene rings is 1. The van der Waals surface area contributed by atoms with Gasteiger partial charge >= 0.3 is 0 Å². The summed E-state index contributed by atoms with van der Waals surface area (Å²) in [7, 11) is 0. The average Bonchev–Trinajstić information content (AvgIpc) is 3.00. The molecule has 0 saturated heterocycles. The number of carbonyl (C=O) groups is 1. The Morgan fingerprint density at radius 1 is 1.14 bits per heavy atom. The Labute approximate surface area is 124 Å². The first-order chi connectivity index (χ1) is 10.2. The number of hydrogen-bond donors (Lipinski definition) is 2. The van der Waals surface area contributed by atoms with Crippen molar-refractivity contribution in [1.82, 2.24) is 25.1 Å². The quantitative estimate of drug-likeness (QED) is 0.772. The van der Waals surface area contributed by atoms with Crippen LogP contribution in [-0.2, 0) is 0 Å². The fourth-order valence-corrected chi connectivity index (χ4v) is 1.91. The highest BCUT2D eigenvalue weighted by Gasteiger charge is 2.11. The third kappa shape index (κ3) is 3.03. The van der Waals surface area contributed by atoms with E-state index in [1.807, 2.05) is 12.1 Å². The van der Waals surface area contributed by atoms with E-state index in [1.54, 1.807) is 18.2 Å². The van der Waals surface area contributed by atoms with Crippen LogP contribution in [0.4, 0.5) is 5.95 Å². The van der Waals surface area contributed by atoms with E-state index in [1.165, 1.54) is 12.7 Å². The van der Waals surface area contributed by atoms with Crippen LogP contribution in [0, 0.1) is 0 Å². The molecule has 2 heterocycles. The molecule has 0 radical (unpaired) electrons. The van der Waals surface area contributed by atoms with E-state index in [0.29, 0.717) is 10.7 Å². The Hall–Kier alpha value is -2.80. The molecule has 1 aromatic carbocycles. The Morgan fingerprint density at radius 3 is 2.81 bits per heavy atom. The lowest BCUT2D eigenvalue weighted by molar-refractivity contribution is 0.102. The number of aromatic nitrogens is 5. The van der Waals surface area contributed by atoms with Crippen molar-refractivity contribution in [1.29, 1.82) is 0 Å². The molecule has 3 aromatic rings. The van der Waals surface area contributed by atoms with E-state index in [-0.39, 0.29) is 11.6 Å². The van der Waals surface area contributed by atoms with Crippen molar-refractivity contribution in [3.05, 3.63) is 53.7 Å². The number of hydrogen-bond acceptors (Lipinski definition) is 5. The molecule has 0 aliphatic carbocycles. The van der Waals surface area contributed by atoms with E-state index in [0.717, 1.165) is 5.56 Å². The summed E-state index contributed by atoms with van der Waals surface area (Å²) in [5.74, 6) is -0.152. The lowest BCUT2D eigenvalue weighted by Crippen LogP contribution is -2.15. The number of amides is 1. The van der Waals surface area contributed by atoms with Gasteiger partial charge in [0.25, 0.3) is 5.91 Å². The van der Waals surface area contributed by atoms with Crippen LogP contribution in [0.15, 0.2) is 43.0 Å². The van der Waals surface area contributed by atoms with Gasteiger partial charge in [0.1, 0.15) is 18.3 Å². The largest absolute Gasteiger partial charge is 0.289 e. The van der Waals surface area contributed by atoms with Crippen molar-refractivity contribution in [2.45, 2.75) is 0 Å². The molecule has 104 valence electrons. The summed E-state index contributed by atoms with van der Waals surface area (Å²) in [6.07, 6.45) is 2.62. The monoisotopic (exact) mass is 300 g/mol. The third-order valence-electron chi connectivity index (χ3n) is 2.67. The predicted octanol–water partition coefficient (Wildman–Crippen LogP) is 2.17. The highest BCUT2D eigenvalue weighted by Crippen LogP contribution is 2.21. The molecule has 2 N–H and O–H groups in total. The number of carbonyl (C=O) groups excluding carboxylic acids is 1. The van der Waals surface area contributed by atoms with Crippen LogP contribution >= 0.6 is 11.6 Å². The molecule has 0 saturated carbocycles. The number of nitrogens with one attached hydrogen (secondary N) is 2. The summed E-state index contributed by atoms with van der Waals surface area (Å²) in [6, 6.07) is 8.78. The maximum atomic E-state index is 12.0. The van der Waals surface area contributed by atoms with E-state index in [4.69, 9.17) is 11.6 Å². The zero-order valence-electron chi connectivity index (χ0n) is 10.6. The summed E-state index contributed by atoms with van der Waals surface area (Å²) in [5.41, 5.74) is 1.63. The number of rotatable bonds is 3. The Balaban J connectivity index is 1.88. The maximum absolute atomic E-state index is 12.0. The third-order valence-corrected chi connectivity index (χ3v) is 2.90. The molecule has 21 heavy (non-hydrogen) atoms. The molecular weight excluding hydrogens is 292 g/mol. The van der Waals surface area contributed by atoms with Gasteiger partial charge in [0.15, 0.2) is 0 Å². The smallest absolute Gasteiger partial charge is 0.276 e. The van der Waals surface area contributed by atoms with Crippen molar-refractivity contribution in [3.63, 3.8) is 0 Å². The first-order valence-corrected chi connectivity index (χ1v) is 6.35. The predicted molar refractivity (Wildman–Crippen MR) is 76.8 cm³/mol. The fourth-order valence-electron chi connectivity index (χ4n) is 1.72. The molecule has 0 bridgehead atoms. The fraction of sp³-hybridized carbons (Fsp3) is 0. The number of anilines is 1. The van der Waals surface area contributed by atoms with Crippen LogP contribution in [-0.4, -0.2) is 31.1 Å². The van der Waals surface area contributed by atoms with Crippen molar-refractivity contribution < 1.29 is 4.79 Å². The van der Waals surface area contributed by atoms with Crippen molar-refractivity contribution >= 4 is 23.5 Å². The van der Waals surface area contributed by atoms with Crippen molar-refractivity contribution in [2.75, 3.05) is 5.32 Å². The summed E-state index contributed by atoms with van der Waals surface area (Å²) in [5, 5.41) is 9.32. The van der Waals surface area contributed by atoms with Gasteiger partial charge in [-0.15, -0.1) is 0 Å². The van der Waals surface area contributed by atoms with Crippen LogP contribution < -0.4 is 5.32 Å². The zero-order chi connectivity index (χ0) is 14.7. The van der Waals surface area contributed by atoms with Crippen LogP contribution in [0.5, 0.6) is 0 Å². The number of aromatic amines is 1. The average molecular weight is 301 g/mol. The molecule has 3 rings (SSSR count). The summed E-state index contributed by atoms with van der Waals surface area (Å²) < 4.78 is 0. The SMILES string of the molecule is O=C(Nc1ncn[nH]1)c1cc(-c2cccc(Cl)c2)ncn1. The van der Waals surface area contributed by atoms with Gasteiger partial charge in [-0.1, -0.05) is 23.7 Å². The number of halogens is 1. The molecular formula is C13H9ClN6O. The number of H-pyrrole nitrogens is 1. The molecule has 0 atom stereocenters. The highest BCUT2D eigenvalue weighted by molar-refractivity contribution is 6.30. The van der Waals surface area contributed by atoms with Crippen LogP contribution in [0.25, 0.3) is 11.3 Å². The minimum absolute atomic E-state index is 0.219. The lowest BCUT2D eigenvalue weighted by Gasteiger charge is -2.04. The minimum Gasteiger partial charge on any atom is -0.289 e. The molecule has 2 aromatic heterocycles. The molecule has 0 aliphatic rings. The molecule has 0 fully saturated rings. The zero-order valence-corrected chi connectivity index (χ0v) is 11.4. The number of nitrogens with zero attached hydrogens (tertiary/aromatic N) is 4. The molecule has 8 heteroatoms. The second-order valence-electron chi connectivity index (χ2n) is 4.09. The first kappa shape index (κ1) is 13.2. The molecule has 1 amide bonds. The Bertz CT molecular complexity index is 774. The first-order valence-electron chi connectivity index (χ1n) is 5.97. The van der Waals surface area contributed by atoms with Gasteiger partial charge in [-0.3, -0.25) is 10.1 Å². The van der Waals surface area contributed by atoms with Gasteiger partial charge in [-0.2, -0.15) is 10.1 Å². The van der Waals surface area contributed by atoms with E-state index in [2.05, 4.69) is 30.5 Å². The Morgan fingerprint density at radius 2 is 2.05 bits per heavy atom. The second kappa shape index (κ2) is 5.68. The normalized spacial score (nSPS) is 10.3. The van der Waals surface area contributed by atoms with Gasteiger partial charge in [-0.05, 0) is 18.2 Å². The Kier molecular flexibility index (Phi) is 3.57. The maximum Gasteiger partial charge on any atom is 0.276 e. The van der Waals surface area contributed by atoms with Gasteiger partial charge in [0.05, 0.1) is 5.69 Å². The molecule has 0 spiro atoms. The second-order valence-corrected chi connectivity index (χ2v) is 4.52. The van der Waals surface area contributed by atoms with Crippen LogP contribution in [0.3, 0.4) is 0 Å². The van der Waals surface area contributed by atoms with Gasteiger partial charge in [-0.25, -0.2) is 15.1 Å². The van der Waals surface area contributed by atoms with Crippen molar-refractivity contribution in [3.8, 4) is 11.3 Å². The van der Waals surface area contributed by atoms with Crippen LogP contribution in [0.1, 0.15) is 10.5 Å². The molecule has 0 unspecified atom stereocenters. The van der Waals surface area contributed by atoms with Crippen LogP contribution in [0.2, 0.25) is 5.02 Å². The lowest BCUT2D eigenvalue weighted by atomic mass is 10.1. The van der Waals surface area contributed by atoms with E-state index >= 15 is 0 Å². The van der Waals surface area contributed by atoms with Gasteiger partial charge < -0.3 is 0 Å². The molecule has 0 aliphatic heterocycles. The summed E-state index contributed by atoms with van der Waals surface area (Å²) in [4.78, 5) is 24.0. The summed E-state index contributed by atoms with van der Waals surface area (Å²) in [6.45, 7) is 0. The van der Waals surface area contributed by atoms with Gasteiger partial charge in [0.2, 0.25) is 5.95 Å². The van der Waals surface area contributed by atoms with Gasteiger partial charge in [0, 0.05) is 10.6 Å². The molecule has 7 nitrogen and oxygen atoms in total.